The Labute approximate surface area is 264 Å². The van der Waals surface area contributed by atoms with Gasteiger partial charge < -0.3 is 25.0 Å². The number of hydrogen-bond acceptors (Lipinski definition) is 3. The minimum atomic E-state index is -1.18. The maximum atomic E-state index is 15.0. The number of halogens is 2. The number of likely N-dealkylation sites (tertiary alicyclic amines) is 1. The Balaban J connectivity index is 1.47. The molecule has 0 aliphatic carbocycles. The summed E-state index contributed by atoms with van der Waals surface area (Å²) in [5, 5.41) is 4.37. The summed E-state index contributed by atoms with van der Waals surface area (Å²) in [5.74, 6) is -0.191. The molecule has 2 aliphatic heterocycles. The molecule has 0 spiro atoms. The van der Waals surface area contributed by atoms with Crippen molar-refractivity contribution >= 4 is 56.3 Å². The van der Waals surface area contributed by atoms with Crippen LogP contribution in [0.5, 0.6) is 0 Å². The van der Waals surface area contributed by atoms with Gasteiger partial charge in [0.1, 0.15) is 5.41 Å². The van der Waals surface area contributed by atoms with Crippen LogP contribution in [0.25, 0.3) is 10.9 Å². The van der Waals surface area contributed by atoms with Crippen molar-refractivity contribution in [3.05, 3.63) is 105 Å². The predicted octanol–water partition coefficient (Wildman–Crippen LogP) is 5.87. The summed E-state index contributed by atoms with van der Waals surface area (Å²) >= 11 is 9.84. The number of carbonyl (C=O) groups is 3. The van der Waals surface area contributed by atoms with Crippen LogP contribution in [-0.4, -0.2) is 70.3 Å². The third kappa shape index (κ3) is 5.40. The number of hydrogen-bond donors (Lipinski definition) is 2. The van der Waals surface area contributed by atoms with Gasteiger partial charge in [-0.25, -0.2) is 4.79 Å². The van der Waals surface area contributed by atoms with Gasteiger partial charge in [0, 0.05) is 77.8 Å². The first-order valence-electron chi connectivity index (χ1n) is 14.5. The lowest BCUT2D eigenvalue weighted by molar-refractivity contribution is -0.140. The quantitative estimate of drug-likeness (QED) is 0.271. The molecule has 0 radical (unpaired) electrons. The van der Waals surface area contributed by atoms with Gasteiger partial charge in [-0.15, -0.1) is 0 Å². The van der Waals surface area contributed by atoms with Crippen LogP contribution in [0.15, 0.2) is 83.5 Å². The summed E-state index contributed by atoms with van der Waals surface area (Å²) in [6.07, 6.45) is 1.95. The molecular weight excluding hydrogens is 630 g/mol. The van der Waals surface area contributed by atoms with E-state index in [4.69, 9.17) is 11.6 Å². The molecule has 3 aromatic carbocycles. The van der Waals surface area contributed by atoms with Crippen molar-refractivity contribution in [2.24, 2.45) is 0 Å². The molecule has 4 aromatic rings. The third-order valence-electron chi connectivity index (χ3n) is 8.62. The lowest BCUT2D eigenvalue weighted by atomic mass is 9.70. The van der Waals surface area contributed by atoms with E-state index in [1.54, 1.807) is 4.90 Å². The van der Waals surface area contributed by atoms with Crippen molar-refractivity contribution in [2.45, 2.75) is 31.3 Å². The van der Waals surface area contributed by atoms with Crippen molar-refractivity contribution in [2.75, 3.05) is 32.7 Å². The summed E-state index contributed by atoms with van der Waals surface area (Å²) in [6, 6.07) is 22.5. The fourth-order valence-electron chi connectivity index (χ4n) is 6.56. The van der Waals surface area contributed by atoms with Crippen molar-refractivity contribution < 1.29 is 14.4 Å². The number of aromatic nitrogens is 1. The van der Waals surface area contributed by atoms with Gasteiger partial charge in [-0.2, -0.15) is 0 Å². The van der Waals surface area contributed by atoms with E-state index in [2.05, 4.69) is 26.2 Å². The zero-order chi connectivity index (χ0) is 30.1. The molecule has 2 saturated heterocycles. The minimum absolute atomic E-state index is 0.0356. The standard InChI is InChI=1S/C33H33BrClN5O3/c1-2-36-32(43)39-16-14-38(15-17-39)31(42)33(23-6-4-3-5-7-23)19-29(41)40(21-22-8-10-24(34)11-9-22)30(33)27-20-37-28-18-25(35)12-13-26(27)28/h3-13,18,20,30,37H,2,14-17,19,21H2,1H3,(H,36,43)/t30-,33-/m0/s1. The van der Waals surface area contributed by atoms with Crippen LogP contribution in [0.2, 0.25) is 5.02 Å². The molecule has 2 fully saturated rings. The van der Waals surface area contributed by atoms with Gasteiger partial charge in [0.2, 0.25) is 11.8 Å². The van der Waals surface area contributed by atoms with Gasteiger partial charge >= 0.3 is 6.03 Å². The van der Waals surface area contributed by atoms with E-state index >= 15 is 0 Å². The number of piperazine rings is 1. The van der Waals surface area contributed by atoms with Gasteiger partial charge in [0.05, 0.1) is 6.04 Å². The van der Waals surface area contributed by atoms with Crippen LogP contribution >= 0.6 is 27.5 Å². The number of nitrogens with zero attached hydrogens (tertiary/aromatic N) is 3. The lowest BCUT2D eigenvalue weighted by Gasteiger charge is -2.43. The number of fused-ring (bicyclic) bond motifs is 1. The van der Waals surface area contributed by atoms with Crippen molar-refractivity contribution in [1.29, 1.82) is 0 Å². The number of H-pyrrole nitrogens is 1. The Morgan fingerprint density at radius 3 is 2.40 bits per heavy atom. The smallest absolute Gasteiger partial charge is 0.317 e. The molecule has 8 nitrogen and oxygen atoms in total. The first-order chi connectivity index (χ1) is 20.8. The average molecular weight is 663 g/mol. The summed E-state index contributed by atoms with van der Waals surface area (Å²) in [7, 11) is 0. The fraction of sp³-hybridized carbons (Fsp3) is 0.303. The molecule has 0 bridgehead atoms. The largest absolute Gasteiger partial charge is 0.361 e. The van der Waals surface area contributed by atoms with Gasteiger partial charge in [-0.1, -0.05) is 76.1 Å². The average Bonchev–Trinajstić information content (AvgIpc) is 3.56. The Bertz CT molecular complexity index is 1650. The second-order valence-corrected chi connectivity index (χ2v) is 12.5. The first kappa shape index (κ1) is 29.3. The molecular formula is C33H33BrClN5O3. The van der Waals surface area contributed by atoms with Gasteiger partial charge in [-0.3, -0.25) is 9.59 Å². The monoisotopic (exact) mass is 661 g/mol. The zero-order valence-corrected chi connectivity index (χ0v) is 26.2. The molecule has 0 unspecified atom stereocenters. The molecule has 4 amide bonds. The Morgan fingerprint density at radius 1 is 1.00 bits per heavy atom. The Kier molecular flexibility index (Phi) is 8.20. The van der Waals surface area contributed by atoms with E-state index in [9.17, 15) is 14.4 Å². The normalized spacial score (nSPS) is 20.6. The number of carbonyl (C=O) groups excluding carboxylic acids is 3. The molecule has 3 heterocycles. The van der Waals surface area contributed by atoms with Gasteiger partial charge in [-0.05, 0) is 42.3 Å². The van der Waals surface area contributed by atoms with E-state index in [1.165, 1.54) is 0 Å². The number of urea groups is 1. The predicted molar refractivity (Wildman–Crippen MR) is 171 cm³/mol. The Hall–Kier alpha value is -3.82. The summed E-state index contributed by atoms with van der Waals surface area (Å²) in [4.78, 5) is 50.5. The molecule has 2 aliphatic rings. The van der Waals surface area contributed by atoms with Crippen molar-refractivity contribution in [1.82, 2.24) is 25.0 Å². The van der Waals surface area contributed by atoms with Crippen LogP contribution in [-0.2, 0) is 21.5 Å². The summed E-state index contributed by atoms with van der Waals surface area (Å²) in [6.45, 7) is 4.41. The molecule has 10 heteroatoms. The summed E-state index contributed by atoms with van der Waals surface area (Å²) in [5.41, 5.74) is 2.29. The zero-order valence-electron chi connectivity index (χ0n) is 23.9. The van der Waals surface area contributed by atoms with Crippen LogP contribution in [0.4, 0.5) is 4.79 Å². The first-order valence-corrected chi connectivity index (χ1v) is 15.7. The fourth-order valence-corrected chi connectivity index (χ4v) is 7.00. The highest BCUT2D eigenvalue weighted by Gasteiger charge is 2.60. The maximum absolute atomic E-state index is 15.0. The summed E-state index contributed by atoms with van der Waals surface area (Å²) < 4.78 is 0.953. The van der Waals surface area contributed by atoms with Crippen molar-refractivity contribution in [3.8, 4) is 0 Å². The van der Waals surface area contributed by atoms with Crippen molar-refractivity contribution in [3.63, 3.8) is 0 Å². The number of amides is 4. The van der Waals surface area contributed by atoms with Crippen LogP contribution in [0.3, 0.4) is 0 Å². The topological polar surface area (TPSA) is 88.8 Å². The molecule has 1 aromatic heterocycles. The van der Waals surface area contributed by atoms with Crippen LogP contribution < -0.4 is 5.32 Å². The van der Waals surface area contributed by atoms with Crippen LogP contribution in [0, 0.1) is 0 Å². The van der Waals surface area contributed by atoms with Gasteiger partial charge in [0.15, 0.2) is 0 Å². The molecule has 6 rings (SSSR count). The highest BCUT2D eigenvalue weighted by Crippen LogP contribution is 2.53. The van der Waals surface area contributed by atoms with E-state index in [1.807, 2.05) is 95.7 Å². The van der Waals surface area contributed by atoms with E-state index in [0.717, 1.165) is 32.1 Å². The van der Waals surface area contributed by atoms with E-state index in [-0.39, 0.29) is 24.3 Å². The number of rotatable bonds is 6. The second-order valence-electron chi connectivity index (χ2n) is 11.1. The van der Waals surface area contributed by atoms with E-state index < -0.39 is 11.5 Å². The number of benzene rings is 3. The highest BCUT2D eigenvalue weighted by molar-refractivity contribution is 9.10. The SMILES string of the molecule is CCNC(=O)N1CCN(C(=O)[C@]2(c3ccccc3)CC(=O)N(Cc3ccc(Br)cc3)[C@H]2c2c[nH]c3cc(Cl)ccc23)CC1. The minimum Gasteiger partial charge on any atom is -0.361 e. The Morgan fingerprint density at radius 2 is 1.70 bits per heavy atom. The third-order valence-corrected chi connectivity index (χ3v) is 9.38. The molecule has 2 N–H and O–H groups in total. The van der Waals surface area contributed by atoms with E-state index in [0.29, 0.717) is 44.3 Å². The maximum Gasteiger partial charge on any atom is 0.317 e. The number of aromatic amines is 1. The lowest BCUT2D eigenvalue weighted by Crippen LogP contribution is -2.58. The highest BCUT2D eigenvalue weighted by atomic mass is 79.9. The molecule has 0 saturated carbocycles. The van der Waals surface area contributed by atoms with Gasteiger partial charge in [0.25, 0.3) is 0 Å². The molecule has 222 valence electrons. The molecule has 43 heavy (non-hydrogen) atoms. The van der Waals surface area contributed by atoms with Crippen LogP contribution in [0.1, 0.15) is 36.1 Å². The number of nitrogens with one attached hydrogen (secondary N) is 2. The molecule has 2 atom stereocenters. The second kappa shape index (κ2) is 12.1.